The largest absolute Gasteiger partial charge is 0.493 e. The van der Waals surface area contributed by atoms with Crippen LogP contribution in [0.15, 0.2) is 42.5 Å². The fourth-order valence-electron chi connectivity index (χ4n) is 3.55. The van der Waals surface area contributed by atoms with Gasteiger partial charge in [0.25, 0.3) is 0 Å². The molecule has 2 atom stereocenters. The molecule has 0 amide bonds. The van der Waals surface area contributed by atoms with Crippen LogP contribution < -0.4 is 19.9 Å². The van der Waals surface area contributed by atoms with E-state index in [0.717, 1.165) is 25.2 Å². The maximum atomic E-state index is 6.45. The first-order chi connectivity index (χ1) is 12.2. The summed E-state index contributed by atoms with van der Waals surface area (Å²) < 4.78 is 16.4. The molecule has 1 aliphatic rings. The van der Waals surface area contributed by atoms with Crippen molar-refractivity contribution in [2.45, 2.75) is 18.5 Å². The summed E-state index contributed by atoms with van der Waals surface area (Å²) in [7, 11) is 4.89. The Morgan fingerprint density at radius 1 is 0.960 bits per heavy atom. The predicted octanol–water partition coefficient (Wildman–Crippen LogP) is 2.64. The Balaban J connectivity index is 1.82. The first kappa shape index (κ1) is 17.6. The lowest BCUT2D eigenvalue weighted by Crippen LogP contribution is -2.28. The van der Waals surface area contributed by atoms with Crippen LogP contribution in [0.5, 0.6) is 17.2 Å². The minimum atomic E-state index is 0.0755. The highest BCUT2D eigenvalue weighted by molar-refractivity contribution is 5.55. The molecule has 1 aliphatic heterocycles. The van der Waals surface area contributed by atoms with Crippen LogP contribution >= 0.6 is 0 Å². The monoisotopic (exact) mass is 342 g/mol. The van der Waals surface area contributed by atoms with Crippen molar-refractivity contribution in [1.29, 1.82) is 0 Å². The maximum absolute atomic E-state index is 6.45. The fourth-order valence-corrected chi connectivity index (χ4v) is 3.55. The van der Waals surface area contributed by atoms with Crippen molar-refractivity contribution in [3.63, 3.8) is 0 Å². The van der Waals surface area contributed by atoms with E-state index in [4.69, 9.17) is 19.9 Å². The first-order valence-electron chi connectivity index (χ1n) is 8.48. The highest BCUT2D eigenvalue weighted by atomic mass is 16.5. The summed E-state index contributed by atoms with van der Waals surface area (Å²) in [6.07, 6.45) is 0. The Hall–Kier alpha value is -2.24. The van der Waals surface area contributed by atoms with Gasteiger partial charge in [-0.15, -0.1) is 0 Å². The molecule has 25 heavy (non-hydrogen) atoms. The Labute approximate surface area is 149 Å². The van der Waals surface area contributed by atoms with E-state index in [1.54, 1.807) is 21.3 Å². The molecular formula is C20H26N2O3. The minimum absolute atomic E-state index is 0.0755. The molecule has 134 valence electrons. The van der Waals surface area contributed by atoms with Crippen molar-refractivity contribution < 1.29 is 14.2 Å². The third-order valence-electron chi connectivity index (χ3n) is 4.80. The van der Waals surface area contributed by atoms with Crippen molar-refractivity contribution in [2.75, 3.05) is 34.4 Å². The third-order valence-corrected chi connectivity index (χ3v) is 4.80. The molecule has 1 fully saturated rings. The summed E-state index contributed by atoms with van der Waals surface area (Å²) in [5.74, 6) is 2.19. The van der Waals surface area contributed by atoms with E-state index in [2.05, 4.69) is 29.2 Å². The molecule has 1 saturated heterocycles. The summed E-state index contributed by atoms with van der Waals surface area (Å²) in [6, 6.07) is 14.6. The number of ether oxygens (including phenoxy) is 3. The van der Waals surface area contributed by atoms with Gasteiger partial charge in [-0.05, 0) is 23.3 Å². The standard InChI is InChI=1S/C20H26N2O3/c1-23-18-9-15(10-19(24-2)20(18)25-3)16-12-22(13-17(16)21)11-14-7-5-4-6-8-14/h4-10,16-17H,11-13,21H2,1-3H3. The number of hydrogen-bond acceptors (Lipinski definition) is 5. The van der Waals surface area contributed by atoms with E-state index < -0.39 is 0 Å². The zero-order valence-electron chi connectivity index (χ0n) is 15.1. The normalized spacial score (nSPS) is 20.5. The summed E-state index contributed by atoms with van der Waals surface area (Å²) in [6.45, 7) is 2.69. The van der Waals surface area contributed by atoms with Crippen LogP contribution in [0.4, 0.5) is 0 Å². The molecule has 0 spiro atoms. The number of rotatable bonds is 6. The molecular weight excluding hydrogens is 316 g/mol. The molecule has 2 aromatic carbocycles. The lowest BCUT2D eigenvalue weighted by atomic mass is 9.94. The highest BCUT2D eigenvalue weighted by Gasteiger charge is 2.32. The SMILES string of the molecule is COc1cc(C2CN(Cc3ccccc3)CC2N)cc(OC)c1OC. The first-order valence-corrected chi connectivity index (χ1v) is 8.48. The van der Waals surface area contributed by atoms with Gasteiger partial charge >= 0.3 is 0 Å². The smallest absolute Gasteiger partial charge is 0.203 e. The molecule has 5 heteroatoms. The molecule has 0 radical (unpaired) electrons. The van der Waals surface area contributed by atoms with Gasteiger partial charge in [0.15, 0.2) is 11.5 Å². The second-order valence-corrected chi connectivity index (χ2v) is 6.41. The van der Waals surface area contributed by atoms with E-state index in [9.17, 15) is 0 Å². The van der Waals surface area contributed by atoms with Gasteiger partial charge < -0.3 is 19.9 Å². The van der Waals surface area contributed by atoms with Gasteiger partial charge in [0.2, 0.25) is 5.75 Å². The Morgan fingerprint density at radius 2 is 1.60 bits per heavy atom. The van der Waals surface area contributed by atoms with E-state index in [1.165, 1.54) is 5.56 Å². The van der Waals surface area contributed by atoms with Crippen LogP contribution in [0.3, 0.4) is 0 Å². The molecule has 1 heterocycles. The quantitative estimate of drug-likeness (QED) is 0.875. The zero-order valence-corrected chi connectivity index (χ0v) is 15.1. The van der Waals surface area contributed by atoms with Crippen molar-refractivity contribution in [2.24, 2.45) is 5.73 Å². The Bertz CT molecular complexity index is 680. The number of benzene rings is 2. The van der Waals surface area contributed by atoms with Crippen molar-refractivity contribution >= 4 is 0 Å². The van der Waals surface area contributed by atoms with Crippen LogP contribution in [0.2, 0.25) is 0 Å². The van der Waals surface area contributed by atoms with Crippen LogP contribution in [0, 0.1) is 0 Å². The molecule has 2 unspecified atom stereocenters. The van der Waals surface area contributed by atoms with Crippen LogP contribution in [-0.2, 0) is 6.54 Å². The minimum Gasteiger partial charge on any atom is -0.493 e. The van der Waals surface area contributed by atoms with Crippen LogP contribution in [0.25, 0.3) is 0 Å². The van der Waals surface area contributed by atoms with Crippen molar-refractivity contribution in [3.05, 3.63) is 53.6 Å². The zero-order chi connectivity index (χ0) is 17.8. The lowest BCUT2D eigenvalue weighted by Gasteiger charge is -2.19. The Kier molecular flexibility index (Phi) is 5.46. The molecule has 0 aliphatic carbocycles. The van der Waals surface area contributed by atoms with Crippen LogP contribution in [0.1, 0.15) is 17.0 Å². The molecule has 0 saturated carbocycles. The molecule has 0 bridgehead atoms. The number of likely N-dealkylation sites (tertiary alicyclic amines) is 1. The van der Waals surface area contributed by atoms with Crippen LogP contribution in [-0.4, -0.2) is 45.4 Å². The fraction of sp³-hybridized carbons (Fsp3) is 0.400. The molecule has 0 aromatic heterocycles. The van der Waals surface area contributed by atoms with E-state index in [1.807, 2.05) is 18.2 Å². The van der Waals surface area contributed by atoms with Crippen molar-refractivity contribution in [3.8, 4) is 17.2 Å². The summed E-state index contributed by atoms with van der Waals surface area (Å²) >= 11 is 0. The number of hydrogen-bond donors (Lipinski definition) is 1. The van der Waals surface area contributed by atoms with Gasteiger partial charge in [0.05, 0.1) is 21.3 Å². The van der Waals surface area contributed by atoms with Gasteiger partial charge in [0, 0.05) is 31.6 Å². The summed E-state index contributed by atoms with van der Waals surface area (Å²) in [5.41, 5.74) is 8.88. The highest BCUT2D eigenvalue weighted by Crippen LogP contribution is 2.41. The second-order valence-electron chi connectivity index (χ2n) is 6.41. The number of methoxy groups -OCH3 is 3. The summed E-state index contributed by atoms with van der Waals surface area (Å²) in [4.78, 5) is 2.40. The molecule has 2 aromatic rings. The molecule has 2 N–H and O–H groups in total. The average molecular weight is 342 g/mol. The predicted molar refractivity (Wildman–Crippen MR) is 98.5 cm³/mol. The third kappa shape index (κ3) is 3.72. The van der Waals surface area contributed by atoms with Gasteiger partial charge in [-0.3, -0.25) is 4.90 Å². The van der Waals surface area contributed by atoms with Crippen molar-refractivity contribution in [1.82, 2.24) is 4.90 Å². The summed E-state index contributed by atoms with van der Waals surface area (Å²) in [5, 5.41) is 0. The number of nitrogens with two attached hydrogens (primary N) is 1. The second kappa shape index (κ2) is 7.76. The maximum Gasteiger partial charge on any atom is 0.203 e. The van der Waals surface area contributed by atoms with E-state index in [-0.39, 0.29) is 12.0 Å². The number of nitrogens with zero attached hydrogens (tertiary/aromatic N) is 1. The lowest BCUT2D eigenvalue weighted by molar-refractivity contribution is 0.319. The topological polar surface area (TPSA) is 57.0 Å². The van der Waals surface area contributed by atoms with E-state index in [0.29, 0.717) is 17.2 Å². The van der Waals surface area contributed by atoms with Gasteiger partial charge in [-0.1, -0.05) is 30.3 Å². The average Bonchev–Trinajstić information content (AvgIpc) is 3.01. The Morgan fingerprint density at radius 3 is 2.16 bits per heavy atom. The van der Waals surface area contributed by atoms with Gasteiger partial charge in [-0.25, -0.2) is 0 Å². The van der Waals surface area contributed by atoms with E-state index >= 15 is 0 Å². The van der Waals surface area contributed by atoms with Gasteiger partial charge in [0.1, 0.15) is 0 Å². The van der Waals surface area contributed by atoms with Gasteiger partial charge in [-0.2, -0.15) is 0 Å². The molecule has 3 rings (SSSR count). The molecule has 5 nitrogen and oxygen atoms in total.